The van der Waals surface area contributed by atoms with Gasteiger partial charge in [-0.15, -0.1) is 0 Å². The van der Waals surface area contributed by atoms with Gasteiger partial charge in [-0.1, -0.05) is 36.4 Å². The third kappa shape index (κ3) is 4.73. The summed E-state index contributed by atoms with van der Waals surface area (Å²) in [5.41, 5.74) is 2.78. The Labute approximate surface area is 146 Å². The molecule has 0 N–H and O–H groups in total. The van der Waals surface area contributed by atoms with Gasteiger partial charge in [-0.25, -0.2) is 4.39 Å². The quantitative estimate of drug-likeness (QED) is 0.670. The molecule has 3 nitrogen and oxygen atoms in total. The Balaban J connectivity index is 1.74. The summed E-state index contributed by atoms with van der Waals surface area (Å²) in [5.74, 6) is -0.239. The van der Waals surface area contributed by atoms with Crippen LogP contribution in [0, 0.1) is 5.82 Å². The molecule has 0 atom stereocenters. The topological polar surface area (TPSA) is 33.2 Å². The van der Waals surface area contributed by atoms with Crippen LogP contribution in [0.3, 0.4) is 0 Å². The lowest BCUT2D eigenvalue weighted by molar-refractivity contribution is -0.118. The molecule has 0 unspecified atom stereocenters. The number of rotatable bonds is 6. The number of hydrogen-bond acceptors (Lipinski definition) is 2. The first-order valence-corrected chi connectivity index (χ1v) is 8.21. The summed E-state index contributed by atoms with van der Waals surface area (Å²) >= 11 is 0. The third-order valence-corrected chi connectivity index (χ3v) is 3.97. The molecule has 3 rings (SSSR count). The normalized spacial score (nSPS) is 10.4. The van der Waals surface area contributed by atoms with Crippen LogP contribution in [-0.4, -0.2) is 10.9 Å². The monoisotopic (exact) mass is 334 g/mol. The van der Waals surface area contributed by atoms with Gasteiger partial charge >= 0.3 is 0 Å². The molecule has 0 aliphatic carbocycles. The van der Waals surface area contributed by atoms with E-state index < -0.39 is 0 Å². The zero-order valence-corrected chi connectivity index (χ0v) is 13.8. The first-order valence-electron chi connectivity index (χ1n) is 8.21. The summed E-state index contributed by atoms with van der Waals surface area (Å²) in [5, 5.41) is 0. The fourth-order valence-corrected chi connectivity index (χ4v) is 2.64. The number of carbonyl (C=O) groups excluding carboxylic acids is 1. The Kier molecular flexibility index (Phi) is 5.52. The molecule has 4 heteroatoms. The van der Waals surface area contributed by atoms with Gasteiger partial charge in [0.2, 0.25) is 5.91 Å². The Bertz CT molecular complexity index is 804. The largest absolute Gasteiger partial charge is 0.308 e. The van der Waals surface area contributed by atoms with Crippen LogP contribution >= 0.6 is 0 Å². The number of nitrogens with zero attached hydrogens (tertiary/aromatic N) is 2. The summed E-state index contributed by atoms with van der Waals surface area (Å²) in [6.07, 6.45) is 4.42. The Morgan fingerprint density at radius 1 is 0.920 bits per heavy atom. The van der Waals surface area contributed by atoms with E-state index in [0.717, 1.165) is 16.8 Å². The van der Waals surface area contributed by atoms with Crippen molar-refractivity contribution >= 4 is 11.6 Å². The van der Waals surface area contributed by atoms with Crippen molar-refractivity contribution in [3.8, 4) is 0 Å². The van der Waals surface area contributed by atoms with Gasteiger partial charge in [0.15, 0.2) is 0 Å². The van der Waals surface area contributed by atoms with E-state index in [0.29, 0.717) is 19.4 Å². The zero-order valence-electron chi connectivity index (χ0n) is 13.8. The zero-order chi connectivity index (χ0) is 17.5. The molecule has 3 aromatic rings. The predicted octanol–water partition coefficient (Wildman–Crippen LogP) is 4.39. The Morgan fingerprint density at radius 3 is 2.36 bits per heavy atom. The summed E-state index contributed by atoms with van der Waals surface area (Å²) < 4.78 is 13.0. The van der Waals surface area contributed by atoms with Crippen LogP contribution < -0.4 is 4.90 Å². The third-order valence-electron chi connectivity index (χ3n) is 3.97. The molecule has 0 bridgehead atoms. The molecule has 0 spiro atoms. The van der Waals surface area contributed by atoms with Crippen LogP contribution in [0.5, 0.6) is 0 Å². The first-order chi connectivity index (χ1) is 12.2. The van der Waals surface area contributed by atoms with Gasteiger partial charge in [0.05, 0.1) is 6.54 Å². The molecular weight excluding hydrogens is 315 g/mol. The number of para-hydroxylation sites is 1. The van der Waals surface area contributed by atoms with Gasteiger partial charge in [-0.3, -0.25) is 9.78 Å². The number of aryl methyl sites for hydroxylation is 1. The van der Waals surface area contributed by atoms with E-state index in [1.165, 1.54) is 12.1 Å². The second-order valence-electron chi connectivity index (χ2n) is 5.80. The molecule has 0 radical (unpaired) electrons. The van der Waals surface area contributed by atoms with Crippen LogP contribution in [0.4, 0.5) is 10.1 Å². The SMILES string of the molecule is O=C(CCc1ccc(F)cc1)N(Cc1cccnc1)c1ccccc1. The van der Waals surface area contributed by atoms with Crippen LogP contribution in [0.2, 0.25) is 0 Å². The first kappa shape index (κ1) is 16.8. The Morgan fingerprint density at radius 2 is 1.68 bits per heavy atom. The highest BCUT2D eigenvalue weighted by atomic mass is 19.1. The summed E-state index contributed by atoms with van der Waals surface area (Å²) in [6.45, 7) is 0.472. The van der Waals surface area contributed by atoms with E-state index in [1.807, 2.05) is 42.5 Å². The molecular formula is C21H19FN2O. The molecule has 0 saturated carbocycles. The van der Waals surface area contributed by atoms with Gasteiger partial charge < -0.3 is 4.90 Å². The standard InChI is InChI=1S/C21H19FN2O/c22-19-11-8-17(9-12-19)10-13-21(25)24(20-6-2-1-3-7-20)16-18-5-4-14-23-15-18/h1-9,11-12,14-15H,10,13,16H2. The minimum atomic E-state index is -0.266. The maximum Gasteiger partial charge on any atom is 0.227 e. The number of anilines is 1. The van der Waals surface area contributed by atoms with Crippen molar-refractivity contribution in [1.82, 2.24) is 4.98 Å². The van der Waals surface area contributed by atoms with Gasteiger partial charge in [0.25, 0.3) is 0 Å². The van der Waals surface area contributed by atoms with Crippen molar-refractivity contribution in [3.05, 3.63) is 96.1 Å². The van der Waals surface area contributed by atoms with E-state index in [4.69, 9.17) is 0 Å². The predicted molar refractivity (Wildman–Crippen MR) is 96.6 cm³/mol. The van der Waals surface area contributed by atoms with Crippen molar-refractivity contribution in [2.45, 2.75) is 19.4 Å². The van der Waals surface area contributed by atoms with Gasteiger partial charge in [-0.2, -0.15) is 0 Å². The van der Waals surface area contributed by atoms with Crippen molar-refractivity contribution in [2.75, 3.05) is 4.90 Å². The number of pyridine rings is 1. The number of hydrogen-bond donors (Lipinski definition) is 0. The summed E-state index contributed by atoms with van der Waals surface area (Å²) in [6, 6.07) is 19.7. The lowest BCUT2D eigenvalue weighted by Gasteiger charge is -2.23. The van der Waals surface area contributed by atoms with Gasteiger partial charge in [0.1, 0.15) is 5.82 Å². The number of benzene rings is 2. The van der Waals surface area contributed by atoms with Gasteiger partial charge in [-0.05, 0) is 47.9 Å². The van der Waals surface area contributed by atoms with E-state index in [2.05, 4.69) is 4.98 Å². The molecule has 0 fully saturated rings. The maximum absolute atomic E-state index is 13.0. The van der Waals surface area contributed by atoms with Crippen LogP contribution in [0.1, 0.15) is 17.5 Å². The molecule has 126 valence electrons. The van der Waals surface area contributed by atoms with Crippen molar-refractivity contribution < 1.29 is 9.18 Å². The van der Waals surface area contributed by atoms with Crippen LogP contribution in [-0.2, 0) is 17.8 Å². The summed E-state index contributed by atoms with van der Waals surface area (Å²) in [4.78, 5) is 18.7. The number of halogens is 1. The average molecular weight is 334 g/mol. The number of aromatic nitrogens is 1. The molecule has 0 aliphatic rings. The Hall–Kier alpha value is -3.01. The molecule has 0 aliphatic heterocycles. The molecule has 2 aromatic carbocycles. The van der Waals surface area contributed by atoms with Crippen LogP contribution in [0.15, 0.2) is 79.1 Å². The van der Waals surface area contributed by atoms with E-state index in [1.54, 1.807) is 29.4 Å². The molecule has 1 amide bonds. The minimum Gasteiger partial charge on any atom is -0.308 e. The maximum atomic E-state index is 13.0. The molecule has 1 aromatic heterocycles. The summed E-state index contributed by atoms with van der Waals surface area (Å²) in [7, 11) is 0. The van der Waals surface area contributed by atoms with E-state index in [9.17, 15) is 9.18 Å². The molecule has 0 saturated heterocycles. The lowest BCUT2D eigenvalue weighted by atomic mass is 10.1. The van der Waals surface area contributed by atoms with E-state index >= 15 is 0 Å². The highest BCUT2D eigenvalue weighted by Crippen LogP contribution is 2.18. The van der Waals surface area contributed by atoms with Crippen molar-refractivity contribution in [3.63, 3.8) is 0 Å². The van der Waals surface area contributed by atoms with Gasteiger partial charge in [0, 0.05) is 24.5 Å². The fraction of sp³-hybridized carbons (Fsp3) is 0.143. The molecule has 1 heterocycles. The lowest BCUT2D eigenvalue weighted by Crippen LogP contribution is -2.30. The smallest absolute Gasteiger partial charge is 0.227 e. The van der Waals surface area contributed by atoms with Crippen LogP contribution in [0.25, 0.3) is 0 Å². The van der Waals surface area contributed by atoms with Crippen molar-refractivity contribution in [1.29, 1.82) is 0 Å². The van der Waals surface area contributed by atoms with E-state index in [-0.39, 0.29) is 11.7 Å². The molecule has 25 heavy (non-hydrogen) atoms. The second-order valence-corrected chi connectivity index (χ2v) is 5.80. The number of amides is 1. The highest BCUT2D eigenvalue weighted by Gasteiger charge is 2.16. The second kappa shape index (κ2) is 8.20. The fourth-order valence-electron chi connectivity index (χ4n) is 2.64. The number of carbonyl (C=O) groups is 1. The highest BCUT2D eigenvalue weighted by molar-refractivity contribution is 5.93. The minimum absolute atomic E-state index is 0.0272. The average Bonchev–Trinajstić information content (AvgIpc) is 2.67. The van der Waals surface area contributed by atoms with Crippen molar-refractivity contribution in [2.24, 2.45) is 0 Å².